The molecular weight excluding hydrogens is 263 g/mol. The standard InChI is InChI=1S/C14H15FN2O3/c15-11-6-4-10(5-7-11)9-13(18)17-12(14(19)20)3-1-2-8-16/h4-7,12H,1-3,9H2,(H,17,18)(H,19,20)/t12-/m0/s1. The number of aliphatic carboxylic acids is 1. The minimum Gasteiger partial charge on any atom is -0.480 e. The van der Waals surface area contributed by atoms with Crippen molar-refractivity contribution in [3.63, 3.8) is 0 Å². The lowest BCUT2D eigenvalue weighted by Gasteiger charge is -2.13. The van der Waals surface area contributed by atoms with Crippen molar-refractivity contribution in [3.8, 4) is 6.07 Å². The van der Waals surface area contributed by atoms with Gasteiger partial charge in [-0.05, 0) is 30.5 Å². The number of halogens is 1. The van der Waals surface area contributed by atoms with Gasteiger partial charge in [-0.2, -0.15) is 5.26 Å². The second-order valence-electron chi connectivity index (χ2n) is 4.31. The Kier molecular flexibility index (Phi) is 6.17. The maximum absolute atomic E-state index is 12.7. The number of nitrogens with one attached hydrogen (secondary N) is 1. The lowest BCUT2D eigenvalue weighted by molar-refractivity contribution is -0.141. The molecule has 0 heterocycles. The molecule has 0 saturated carbocycles. The zero-order valence-corrected chi connectivity index (χ0v) is 10.8. The molecule has 1 atom stereocenters. The number of unbranched alkanes of at least 4 members (excludes halogenated alkanes) is 1. The minimum absolute atomic E-state index is 0.0116. The Labute approximate surface area is 116 Å². The Morgan fingerprint density at radius 1 is 1.35 bits per heavy atom. The first-order chi connectivity index (χ1) is 9.52. The molecule has 0 aromatic heterocycles. The average Bonchev–Trinajstić information content (AvgIpc) is 2.40. The molecule has 1 aromatic rings. The summed E-state index contributed by atoms with van der Waals surface area (Å²) in [4.78, 5) is 22.7. The molecule has 0 saturated heterocycles. The van der Waals surface area contributed by atoms with Crippen molar-refractivity contribution in [2.45, 2.75) is 31.7 Å². The van der Waals surface area contributed by atoms with E-state index in [0.29, 0.717) is 12.0 Å². The van der Waals surface area contributed by atoms with Gasteiger partial charge in [-0.1, -0.05) is 12.1 Å². The van der Waals surface area contributed by atoms with Gasteiger partial charge in [-0.25, -0.2) is 9.18 Å². The highest BCUT2D eigenvalue weighted by Gasteiger charge is 2.19. The number of carbonyl (C=O) groups excluding carboxylic acids is 1. The van der Waals surface area contributed by atoms with Crippen LogP contribution in [0.1, 0.15) is 24.8 Å². The number of carbonyl (C=O) groups is 2. The molecular formula is C14H15FN2O3. The fourth-order valence-corrected chi connectivity index (χ4v) is 1.68. The number of carboxylic acid groups (broad SMARTS) is 1. The quantitative estimate of drug-likeness (QED) is 0.742. The van der Waals surface area contributed by atoms with E-state index in [1.54, 1.807) is 0 Å². The molecule has 1 aromatic carbocycles. The average molecular weight is 278 g/mol. The second kappa shape index (κ2) is 7.89. The third-order valence-corrected chi connectivity index (χ3v) is 2.69. The van der Waals surface area contributed by atoms with Gasteiger partial charge in [-0.3, -0.25) is 4.79 Å². The van der Waals surface area contributed by atoms with Crippen molar-refractivity contribution in [1.82, 2.24) is 5.32 Å². The van der Waals surface area contributed by atoms with Crippen LogP contribution in [0, 0.1) is 17.1 Å². The van der Waals surface area contributed by atoms with E-state index in [0.717, 1.165) is 0 Å². The van der Waals surface area contributed by atoms with Crippen LogP contribution in [-0.4, -0.2) is 23.0 Å². The van der Waals surface area contributed by atoms with Crippen LogP contribution in [-0.2, 0) is 16.0 Å². The van der Waals surface area contributed by atoms with Gasteiger partial charge in [0.1, 0.15) is 11.9 Å². The lowest BCUT2D eigenvalue weighted by Crippen LogP contribution is -2.41. The van der Waals surface area contributed by atoms with Gasteiger partial charge in [-0.15, -0.1) is 0 Å². The summed E-state index contributed by atoms with van der Waals surface area (Å²) >= 11 is 0. The van der Waals surface area contributed by atoms with Crippen molar-refractivity contribution < 1.29 is 19.1 Å². The van der Waals surface area contributed by atoms with Crippen molar-refractivity contribution in [2.24, 2.45) is 0 Å². The Morgan fingerprint density at radius 2 is 2.00 bits per heavy atom. The largest absolute Gasteiger partial charge is 0.480 e. The highest BCUT2D eigenvalue weighted by atomic mass is 19.1. The number of amides is 1. The fraction of sp³-hybridized carbons (Fsp3) is 0.357. The number of hydrogen-bond donors (Lipinski definition) is 2. The smallest absolute Gasteiger partial charge is 0.326 e. The summed E-state index contributed by atoms with van der Waals surface area (Å²) in [6.07, 6.45) is 0.849. The molecule has 5 nitrogen and oxygen atoms in total. The van der Waals surface area contributed by atoms with E-state index in [2.05, 4.69) is 5.32 Å². The summed E-state index contributed by atoms with van der Waals surface area (Å²) in [5, 5.41) is 19.8. The molecule has 0 aliphatic heterocycles. The molecule has 0 radical (unpaired) electrons. The Balaban J connectivity index is 2.51. The second-order valence-corrected chi connectivity index (χ2v) is 4.31. The molecule has 20 heavy (non-hydrogen) atoms. The van der Waals surface area contributed by atoms with E-state index in [1.807, 2.05) is 6.07 Å². The summed E-state index contributed by atoms with van der Waals surface area (Å²) in [6.45, 7) is 0. The number of carboxylic acids is 1. The van der Waals surface area contributed by atoms with E-state index < -0.39 is 23.7 Å². The Bertz CT molecular complexity index is 508. The molecule has 6 heteroatoms. The van der Waals surface area contributed by atoms with Gasteiger partial charge in [0.05, 0.1) is 12.5 Å². The Morgan fingerprint density at radius 3 is 2.55 bits per heavy atom. The zero-order chi connectivity index (χ0) is 15.0. The SMILES string of the molecule is N#CCCC[C@H](NC(=O)Cc1ccc(F)cc1)C(=O)O. The van der Waals surface area contributed by atoms with Crippen LogP contribution >= 0.6 is 0 Å². The topological polar surface area (TPSA) is 90.2 Å². The molecule has 0 fully saturated rings. The van der Waals surface area contributed by atoms with Crippen LogP contribution in [0.5, 0.6) is 0 Å². The minimum atomic E-state index is -1.13. The fourth-order valence-electron chi connectivity index (χ4n) is 1.68. The van der Waals surface area contributed by atoms with Crippen molar-refractivity contribution >= 4 is 11.9 Å². The summed E-state index contributed by atoms with van der Waals surface area (Å²) in [5.74, 6) is -1.97. The number of nitriles is 1. The van der Waals surface area contributed by atoms with E-state index in [1.165, 1.54) is 24.3 Å². The predicted molar refractivity (Wildman–Crippen MR) is 69.1 cm³/mol. The molecule has 1 amide bonds. The van der Waals surface area contributed by atoms with E-state index in [9.17, 15) is 14.0 Å². The molecule has 106 valence electrons. The number of nitrogens with zero attached hydrogens (tertiary/aromatic N) is 1. The van der Waals surface area contributed by atoms with Crippen LogP contribution in [0.2, 0.25) is 0 Å². The monoisotopic (exact) mass is 278 g/mol. The van der Waals surface area contributed by atoms with Gasteiger partial charge in [0.15, 0.2) is 0 Å². The van der Waals surface area contributed by atoms with Crippen LogP contribution < -0.4 is 5.32 Å². The van der Waals surface area contributed by atoms with Gasteiger partial charge in [0.25, 0.3) is 0 Å². The number of hydrogen-bond acceptors (Lipinski definition) is 3. The normalized spacial score (nSPS) is 11.4. The van der Waals surface area contributed by atoms with Gasteiger partial charge in [0.2, 0.25) is 5.91 Å². The third kappa shape index (κ3) is 5.48. The molecule has 0 aliphatic carbocycles. The molecule has 0 unspecified atom stereocenters. The highest BCUT2D eigenvalue weighted by molar-refractivity contribution is 5.84. The lowest BCUT2D eigenvalue weighted by atomic mass is 10.1. The van der Waals surface area contributed by atoms with Crippen LogP contribution in [0.4, 0.5) is 4.39 Å². The van der Waals surface area contributed by atoms with Gasteiger partial charge in [0, 0.05) is 6.42 Å². The molecule has 0 bridgehead atoms. The Hall–Kier alpha value is -2.42. The first-order valence-electron chi connectivity index (χ1n) is 6.16. The molecule has 0 aliphatic rings. The summed E-state index contributed by atoms with van der Waals surface area (Å²) in [7, 11) is 0. The van der Waals surface area contributed by atoms with Gasteiger partial charge >= 0.3 is 5.97 Å². The van der Waals surface area contributed by atoms with Crippen molar-refractivity contribution in [3.05, 3.63) is 35.6 Å². The first kappa shape index (κ1) is 15.6. The van der Waals surface area contributed by atoms with E-state index >= 15 is 0 Å². The maximum Gasteiger partial charge on any atom is 0.326 e. The number of rotatable bonds is 7. The van der Waals surface area contributed by atoms with Crippen molar-refractivity contribution in [2.75, 3.05) is 0 Å². The van der Waals surface area contributed by atoms with Crippen molar-refractivity contribution in [1.29, 1.82) is 5.26 Å². The summed E-state index contributed by atoms with van der Waals surface area (Å²) in [6, 6.07) is 6.34. The number of benzene rings is 1. The summed E-state index contributed by atoms with van der Waals surface area (Å²) < 4.78 is 12.7. The zero-order valence-electron chi connectivity index (χ0n) is 10.8. The third-order valence-electron chi connectivity index (χ3n) is 2.69. The predicted octanol–water partition coefficient (Wildman–Crippen LogP) is 1.63. The van der Waals surface area contributed by atoms with Crippen LogP contribution in [0.3, 0.4) is 0 Å². The van der Waals surface area contributed by atoms with E-state index in [-0.39, 0.29) is 19.3 Å². The van der Waals surface area contributed by atoms with Gasteiger partial charge < -0.3 is 10.4 Å². The van der Waals surface area contributed by atoms with Crippen LogP contribution in [0.25, 0.3) is 0 Å². The molecule has 2 N–H and O–H groups in total. The molecule has 0 spiro atoms. The first-order valence-corrected chi connectivity index (χ1v) is 6.16. The highest BCUT2D eigenvalue weighted by Crippen LogP contribution is 2.05. The summed E-state index contributed by atoms with van der Waals surface area (Å²) in [5.41, 5.74) is 0.602. The molecule has 1 rings (SSSR count). The maximum atomic E-state index is 12.7. The van der Waals surface area contributed by atoms with Crippen LogP contribution in [0.15, 0.2) is 24.3 Å². The van der Waals surface area contributed by atoms with E-state index in [4.69, 9.17) is 10.4 Å².